The van der Waals surface area contributed by atoms with Gasteiger partial charge in [-0.2, -0.15) is 0 Å². The zero-order valence-corrected chi connectivity index (χ0v) is 18.7. The van der Waals surface area contributed by atoms with Crippen LogP contribution in [0.5, 0.6) is 11.5 Å². The van der Waals surface area contributed by atoms with E-state index in [4.69, 9.17) is 0 Å². The summed E-state index contributed by atoms with van der Waals surface area (Å²) in [5.41, 5.74) is 7.79. The number of aryl methyl sites for hydroxylation is 4. The lowest BCUT2D eigenvalue weighted by Crippen LogP contribution is -2.08. The van der Waals surface area contributed by atoms with E-state index in [-0.39, 0.29) is 5.92 Å². The average molecular weight is 403 g/mol. The molecule has 2 heteroatoms. The SMILES string of the molecule is CCc1cc(C(Cc2ccccc2)c2cc(CC)c(O)c(CC)c2)cc(CC)c1O. The van der Waals surface area contributed by atoms with Crippen molar-refractivity contribution in [3.63, 3.8) is 0 Å². The van der Waals surface area contributed by atoms with Crippen LogP contribution in [0.1, 0.15) is 72.6 Å². The van der Waals surface area contributed by atoms with Crippen molar-refractivity contribution in [1.29, 1.82) is 0 Å². The minimum atomic E-state index is 0.166. The first-order valence-electron chi connectivity index (χ1n) is 11.2. The van der Waals surface area contributed by atoms with Gasteiger partial charge >= 0.3 is 0 Å². The number of aromatic hydroxyl groups is 2. The number of rotatable bonds is 8. The fraction of sp³-hybridized carbons (Fsp3) is 0.357. The molecule has 2 nitrogen and oxygen atoms in total. The third-order valence-corrected chi connectivity index (χ3v) is 6.19. The molecule has 0 aliphatic rings. The first-order valence-corrected chi connectivity index (χ1v) is 11.2. The molecule has 3 aromatic rings. The van der Waals surface area contributed by atoms with Gasteiger partial charge in [0.2, 0.25) is 0 Å². The van der Waals surface area contributed by atoms with Crippen molar-refractivity contribution in [2.75, 3.05) is 0 Å². The van der Waals surface area contributed by atoms with Crippen LogP contribution in [0.25, 0.3) is 0 Å². The van der Waals surface area contributed by atoms with E-state index >= 15 is 0 Å². The van der Waals surface area contributed by atoms with Gasteiger partial charge in [-0.05, 0) is 71.0 Å². The summed E-state index contributed by atoms with van der Waals surface area (Å²) in [6.45, 7) is 8.37. The zero-order chi connectivity index (χ0) is 21.7. The highest BCUT2D eigenvalue weighted by molar-refractivity contribution is 5.51. The van der Waals surface area contributed by atoms with Crippen LogP contribution in [0.3, 0.4) is 0 Å². The summed E-state index contributed by atoms with van der Waals surface area (Å²) in [4.78, 5) is 0. The molecule has 0 atom stereocenters. The number of phenolic OH excluding ortho intramolecular Hbond substituents is 2. The number of hydrogen-bond donors (Lipinski definition) is 2. The van der Waals surface area contributed by atoms with Crippen molar-refractivity contribution in [3.8, 4) is 11.5 Å². The molecule has 0 unspecified atom stereocenters. The molecule has 0 saturated heterocycles. The lowest BCUT2D eigenvalue weighted by Gasteiger charge is -2.23. The van der Waals surface area contributed by atoms with Gasteiger partial charge in [0.15, 0.2) is 0 Å². The van der Waals surface area contributed by atoms with Crippen molar-refractivity contribution in [2.24, 2.45) is 0 Å². The number of hydrogen-bond acceptors (Lipinski definition) is 2. The van der Waals surface area contributed by atoms with Crippen LogP contribution in [0.4, 0.5) is 0 Å². The Morgan fingerprint density at radius 1 is 0.600 bits per heavy atom. The summed E-state index contributed by atoms with van der Waals surface area (Å²) < 4.78 is 0. The molecule has 0 spiro atoms. The van der Waals surface area contributed by atoms with Crippen LogP contribution >= 0.6 is 0 Å². The molecule has 0 bridgehead atoms. The van der Waals surface area contributed by atoms with E-state index in [0.717, 1.165) is 54.4 Å². The Labute approximate surface area is 181 Å². The van der Waals surface area contributed by atoms with Gasteiger partial charge in [0.05, 0.1) is 0 Å². The molecule has 30 heavy (non-hydrogen) atoms. The lowest BCUT2D eigenvalue weighted by atomic mass is 9.82. The van der Waals surface area contributed by atoms with Crippen LogP contribution in [-0.2, 0) is 32.1 Å². The molecule has 0 aliphatic carbocycles. The van der Waals surface area contributed by atoms with Gasteiger partial charge in [-0.25, -0.2) is 0 Å². The van der Waals surface area contributed by atoms with E-state index in [1.165, 1.54) is 16.7 Å². The quantitative estimate of drug-likeness (QED) is 0.439. The Hall–Kier alpha value is -2.74. The highest BCUT2D eigenvalue weighted by atomic mass is 16.3. The molecule has 0 aliphatic heterocycles. The second-order valence-electron chi connectivity index (χ2n) is 8.03. The predicted molar refractivity (Wildman–Crippen MR) is 126 cm³/mol. The topological polar surface area (TPSA) is 40.5 Å². The second kappa shape index (κ2) is 9.84. The first-order chi connectivity index (χ1) is 14.5. The van der Waals surface area contributed by atoms with Crippen LogP contribution < -0.4 is 0 Å². The van der Waals surface area contributed by atoms with Crippen molar-refractivity contribution in [3.05, 3.63) is 93.5 Å². The van der Waals surface area contributed by atoms with Gasteiger partial charge < -0.3 is 10.2 Å². The predicted octanol–water partition coefficient (Wildman–Crippen LogP) is 6.72. The third-order valence-electron chi connectivity index (χ3n) is 6.19. The normalized spacial score (nSPS) is 11.2. The van der Waals surface area contributed by atoms with E-state index in [0.29, 0.717) is 11.5 Å². The minimum Gasteiger partial charge on any atom is -0.507 e. The monoisotopic (exact) mass is 402 g/mol. The van der Waals surface area contributed by atoms with Gasteiger partial charge in [0.25, 0.3) is 0 Å². The third kappa shape index (κ3) is 4.53. The molecule has 0 heterocycles. The van der Waals surface area contributed by atoms with Crippen LogP contribution in [0, 0.1) is 0 Å². The Bertz CT molecular complexity index is 877. The molecule has 3 rings (SSSR count). The molecule has 0 amide bonds. The summed E-state index contributed by atoms with van der Waals surface area (Å²) in [5, 5.41) is 21.2. The summed E-state index contributed by atoms with van der Waals surface area (Å²) in [7, 11) is 0. The van der Waals surface area contributed by atoms with Crippen LogP contribution in [-0.4, -0.2) is 10.2 Å². The number of benzene rings is 3. The molecule has 2 N–H and O–H groups in total. The van der Waals surface area contributed by atoms with Gasteiger partial charge in [0.1, 0.15) is 11.5 Å². The van der Waals surface area contributed by atoms with Crippen LogP contribution in [0.15, 0.2) is 54.6 Å². The van der Waals surface area contributed by atoms with Gasteiger partial charge in [0, 0.05) is 5.92 Å². The minimum absolute atomic E-state index is 0.166. The number of phenols is 2. The molecule has 0 fully saturated rings. The summed E-state index contributed by atoms with van der Waals surface area (Å²) in [5.74, 6) is 1.05. The first kappa shape index (κ1) is 22.0. The van der Waals surface area contributed by atoms with Crippen molar-refractivity contribution < 1.29 is 10.2 Å². The molecular weight excluding hydrogens is 368 g/mol. The maximum Gasteiger partial charge on any atom is 0.121 e. The smallest absolute Gasteiger partial charge is 0.121 e. The Morgan fingerprint density at radius 3 is 1.30 bits per heavy atom. The Kier molecular flexibility index (Phi) is 7.20. The highest BCUT2D eigenvalue weighted by Crippen LogP contribution is 2.37. The Morgan fingerprint density at radius 2 is 0.967 bits per heavy atom. The molecule has 0 saturated carbocycles. The molecule has 0 aromatic heterocycles. The lowest BCUT2D eigenvalue weighted by molar-refractivity contribution is 0.461. The van der Waals surface area contributed by atoms with Gasteiger partial charge in [-0.3, -0.25) is 0 Å². The average Bonchev–Trinajstić information content (AvgIpc) is 2.78. The van der Waals surface area contributed by atoms with Crippen molar-refractivity contribution in [1.82, 2.24) is 0 Å². The Balaban J connectivity index is 2.20. The van der Waals surface area contributed by atoms with Gasteiger partial charge in [-0.15, -0.1) is 0 Å². The van der Waals surface area contributed by atoms with E-state index in [2.05, 4.69) is 76.2 Å². The molecule has 0 radical (unpaired) electrons. The molecular formula is C28H34O2. The standard InChI is InChI=1S/C28H34O2/c1-5-20-15-24(16-21(6-2)27(20)29)26(14-19-12-10-9-11-13-19)25-17-22(7-3)28(30)23(8-4)18-25/h9-13,15-18,26,29-30H,5-8,14H2,1-4H3. The van der Waals surface area contributed by atoms with E-state index in [1.54, 1.807) is 0 Å². The second-order valence-corrected chi connectivity index (χ2v) is 8.03. The highest BCUT2D eigenvalue weighted by Gasteiger charge is 2.21. The van der Waals surface area contributed by atoms with Gasteiger partial charge in [-0.1, -0.05) is 82.3 Å². The maximum atomic E-state index is 10.6. The maximum absolute atomic E-state index is 10.6. The van der Waals surface area contributed by atoms with Crippen LogP contribution in [0.2, 0.25) is 0 Å². The van der Waals surface area contributed by atoms with E-state index in [1.807, 2.05) is 6.07 Å². The van der Waals surface area contributed by atoms with Crippen molar-refractivity contribution in [2.45, 2.75) is 65.7 Å². The fourth-order valence-corrected chi connectivity index (χ4v) is 4.33. The summed E-state index contributed by atoms with van der Waals surface area (Å²) in [6.07, 6.45) is 4.11. The fourth-order valence-electron chi connectivity index (χ4n) is 4.33. The van der Waals surface area contributed by atoms with Crippen molar-refractivity contribution >= 4 is 0 Å². The summed E-state index contributed by atoms with van der Waals surface area (Å²) in [6, 6.07) is 19.3. The molecule has 3 aromatic carbocycles. The summed E-state index contributed by atoms with van der Waals surface area (Å²) >= 11 is 0. The van der Waals surface area contributed by atoms with E-state index < -0.39 is 0 Å². The largest absolute Gasteiger partial charge is 0.507 e. The molecule has 158 valence electrons. The zero-order valence-electron chi connectivity index (χ0n) is 18.7. The van der Waals surface area contributed by atoms with E-state index in [9.17, 15) is 10.2 Å².